The third-order valence-electron chi connectivity index (χ3n) is 2.90. The van der Waals surface area contributed by atoms with E-state index in [4.69, 9.17) is 16.3 Å². The van der Waals surface area contributed by atoms with Crippen LogP contribution in [-0.4, -0.2) is 23.7 Å². The first kappa shape index (κ1) is 11.7. The van der Waals surface area contributed by atoms with Crippen molar-refractivity contribution in [3.05, 3.63) is 23.0 Å². The van der Waals surface area contributed by atoms with Gasteiger partial charge >= 0.3 is 0 Å². The largest absolute Gasteiger partial charge is 0.381 e. The van der Waals surface area contributed by atoms with Gasteiger partial charge in [-0.05, 0) is 38.8 Å². The number of rotatable bonds is 2. The van der Waals surface area contributed by atoms with Crippen molar-refractivity contribution in [3.63, 3.8) is 0 Å². The third kappa shape index (κ3) is 2.86. The first-order chi connectivity index (χ1) is 7.65. The number of anilines is 1. The van der Waals surface area contributed by atoms with Crippen molar-refractivity contribution < 1.29 is 4.74 Å². The minimum absolute atomic E-state index is 0.340. The molecule has 3 nitrogen and oxygen atoms in total. The average molecular weight is 241 g/mol. The number of halogens is 1. The Labute approximate surface area is 101 Å². The topological polar surface area (TPSA) is 34.2 Å². The molecular weight excluding hydrogens is 224 g/mol. The molecule has 1 fully saturated rings. The molecule has 2 atom stereocenters. The molecule has 0 radical (unpaired) electrons. The van der Waals surface area contributed by atoms with Crippen LogP contribution in [-0.2, 0) is 4.74 Å². The summed E-state index contributed by atoms with van der Waals surface area (Å²) < 4.78 is 5.52. The van der Waals surface area contributed by atoms with Crippen LogP contribution < -0.4 is 5.32 Å². The normalized spacial score (nSPS) is 25.4. The number of pyridine rings is 1. The van der Waals surface area contributed by atoms with Crippen LogP contribution in [0.5, 0.6) is 0 Å². The predicted molar refractivity (Wildman–Crippen MR) is 66.0 cm³/mol. The maximum atomic E-state index is 5.82. The van der Waals surface area contributed by atoms with Crippen molar-refractivity contribution in [2.45, 2.75) is 38.8 Å². The molecule has 1 N–H and O–H groups in total. The van der Waals surface area contributed by atoms with Crippen molar-refractivity contribution in [2.75, 3.05) is 11.9 Å². The van der Waals surface area contributed by atoms with Gasteiger partial charge < -0.3 is 10.1 Å². The molecule has 1 aromatic heterocycles. The van der Waals surface area contributed by atoms with E-state index >= 15 is 0 Å². The van der Waals surface area contributed by atoms with E-state index in [2.05, 4.69) is 17.2 Å². The summed E-state index contributed by atoms with van der Waals surface area (Å²) in [6.45, 7) is 4.91. The molecule has 2 heterocycles. The number of nitrogens with one attached hydrogen (secondary N) is 1. The standard InChI is InChI=1S/C12H17ClN2O/c1-8-7-10(5-6-16-8)15-11-3-4-12(13)14-9(11)2/h3-4,8,10,15H,5-7H2,1-2H3. The van der Waals surface area contributed by atoms with Crippen LogP contribution in [0.25, 0.3) is 0 Å². The maximum Gasteiger partial charge on any atom is 0.129 e. The molecule has 0 aromatic carbocycles. The van der Waals surface area contributed by atoms with Gasteiger partial charge in [0.2, 0.25) is 0 Å². The Morgan fingerprint density at radius 3 is 3.00 bits per heavy atom. The van der Waals surface area contributed by atoms with Crippen molar-refractivity contribution in [1.82, 2.24) is 4.98 Å². The van der Waals surface area contributed by atoms with E-state index in [0.29, 0.717) is 17.3 Å². The van der Waals surface area contributed by atoms with Gasteiger partial charge in [0.15, 0.2) is 0 Å². The van der Waals surface area contributed by atoms with E-state index in [-0.39, 0.29) is 0 Å². The molecule has 2 unspecified atom stereocenters. The predicted octanol–water partition coefficient (Wildman–Crippen LogP) is 3.02. The second-order valence-corrected chi connectivity index (χ2v) is 4.70. The Kier molecular flexibility index (Phi) is 3.66. The Balaban J connectivity index is 2.02. The highest BCUT2D eigenvalue weighted by Crippen LogP contribution is 2.21. The molecule has 4 heteroatoms. The Hall–Kier alpha value is -0.800. The number of nitrogens with zero attached hydrogens (tertiary/aromatic N) is 1. The molecule has 1 aliphatic heterocycles. The SMILES string of the molecule is Cc1nc(Cl)ccc1NC1CCOC(C)C1. The van der Waals surface area contributed by atoms with E-state index in [1.807, 2.05) is 19.1 Å². The fourth-order valence-corrected chi connectivity index (χ4v) is 2.22. The van der Waals surface area contributed by atoms with E-state index in [9.17, 15) is 0 Å². The van der Waals surface area contributed by atoms with E-state index in [1.165, 1.54) is 0 Å². The zero-order valence-electron chi connectivity index (χ0n) is 9.66. The lowest BCUT2D eigenvalue weighted by Gasteiger charge is -2.29. The smallest absolute Gasteiger partial charge is 0.129 e. The summed E-state index contributed by atoms with van der Waals surface area (Å²) in [4.78, 5) is 4.23. The molecule has 16 heavy (non-hydrogen) atoms. The van der Waals surface area contributed by atoms with Gasteiger partial charge in [-0.2, -0.15) is 0 Å². The summed E-state index contributed by atoms with van der Waals surface area (Å²) in [7, 11) is 0. The summed E-state index contributed by atoms with van der Waals surface area (Å²) in [5.41, 5.74) is 2.02. The van der Waals surface area contributed by atoms with Crippen molar-refractivity contribution in [1.29, 1.82) is 0 Å². The quantitative estimate of drug-likeness (QED) is 0.807. The highest BCUT2D eigenvalue weighted by molar-refractivity contribution is 6.29. The van der Waals surface area contributed by atoms with Crippen LogP contribution in [0.15, 0.2) is 12.1 Å². The number of hydrogen-bond donors (Lipinski definition) is 1. The molecule has 0 aliphatic carbocycles. The van der Waals surface area contributed by atoms with Crippen LogP contribution in [0, 0.1) is 6.92 Å². The summed E-state index contributed by atoms with van der Waals surface area (Å²) in [6, 6.07) is 4.29. The van der Waals surface area contributed by atoms with Gasteiger partial charge in [0.1, 0.15) is 5.15 Å². The molecule has 1 aromatic rings. The van der Waals surface area contributed by atoms with Gasteiger partial charge in [0, 0.05) is 12.6 Å². The monoisotopic (exact) mass is 240 g/mol. The number of aromatic nitrogens is 1. The molecule has 1 saturated heterocycles. The third-order valence-corrected chi connectivity index (χ3v) is 3.11. The van der Waals surface area contributed by atoms with Gasteiger partial charge in [-0.3, -0.25) is 0 Å². The van der Waals surface area contributed by atoms with Gasteiger partial charge in [-0.15, -0.1) is 0 Å². The first-order valence-electron chi connectivity index (χ1n) is 5.66. The minimum atomic E-state index is 0.340. The van der Waals surface area contributed by atoms with E-state index < -0.39 is 0 Å². The Bertz CT molecular complexity index is 370. The molecule has 2 rings (SSSR count). The molecular formula is C12H17ClN2O. The Morgan fingerprint density at radius 2 is 2.31 bits per heavy atom. The zero-order valence-corrected chi connectivity index (χ0v) is 10.4. The van der Waals surface area contributed by atoms with E-state index in [0.717, 1.165) is 30.8 Å². The zero-order chi connectivity index (χ0) is 11.5. The number of aryl methyl sites for hydroxylation is 1. The molecule has 0 bridgehead atoms. The summed E-state index contributed by atoms with van der Waals surface area (Å²) in [5, 5.41) is 4.05. The fraction of sp³-hybridized carbons (Fsp3) is 0.583. The van der Waals surface area contributed by atoms with Gasteiger partial charge in [-0.25, -0.2) is 4.98 Å². The van der Waals surface area contributed by atoms with Gasteiger partial charge in [0.05, 0.1) is 17.5 Å². The summed E-state index contributed by atoms with van der Waals surface area (Å²) >= 11 is 5.82. The average Bonchev–Trinajstić information content (AvgIpc) is 2.22. The molecule has 0 amide bonds. The highest BCUT2D eigenvalue weighted by Gasteiger charge is 2.19. The minimum Gasteiger partial charge on any atom is -0.381 e. The lowest BCUT2D eigenvalue weighted by Crippen LogP contribution is -2.32. The fourth-order valence-electron chi connectivity index (χ4n) is 2.03. The number of ether oxygens (including phenoxy) is 1. The van der Waals surface area contributed by atoms with Crippen LogP contribution in [0.2, 0.25) is 5.15 Å². The van der Waals surface area contributed by atoms with Gasteiger partial charge in [-0.1, -0.05) is 11.6 Å². The molecule has 88 valence electrons. The van der Waals surface area contributed by atoms with Crippen LogP contribution in [0.4, 0.5) is 5.69 Å². The lowest BCUT2D eigenvalue weighted by atomic mass is 10.0. The first-order valence-corrected chi connectivity index (χ1v) is 6.04. The highest BCUT2D eigenvalue weighted by atomic mass is 35.5. The van der Waals surface area contributed by atoms with Crippen molar-refractivity contribution in [3.8, 4) is 0 Å². The lowest BCUT2D eigenvalue weighted by molar-refractivity contribution is 0.0232. The van der Waals surface area contributed by atoms with Crippen molar-refractivity contribution in [2.24, 2.45) is 0 Å². The van der Waals surface area contributed by atoms with Crippen LogP contribution in [0.1, 0.15) is 25.5 Å². The Morgan fingerprint density at radius 1 is 1.50 bits per heavy atom. The van der Waals surface area contributed by atoms with Crippen LogP contribution in [0.3, 0.4) is 0 Å². The second kappa shape index (κ2) is 5.02. The van der Waals surface area contributed by atoms with E-state index in [1.54, 1.807) is 0 Å². The van der Waals surface area contributed by atoms with Crippen LogP contribution >= 0.6 is 11.6 Å². The molecule has 0 saturated carbocycles. The second-order valence-electron chi connectivity index (χ2n) is 4.31. The number of hydrogen-bond acceptors (Lipinski definition) is 3. The summed E-state index contributed by atoms with van der Waals surface area (Å²) in [6.07, 6.45) is 2.43. The molecule has 0 spiro atoms. The van der Waals surface area contributed by atoms with Crippen molar-refractivity contribution >= 4 is 17.3 Å². The molecule has 1 aliphatic rings. The van der Waals surface area contributed by atoms with Gasteiger partial charge in [0.25, 0.3) is 0 Å². The maximum absolute atomic E-state index is 5.82. The summed E-state index contributed by atoms with van der Waals surface area (Å²) in [5.74, 6) is 0.